The van der Waals surface area contributed by atoms with E-state index < -0.39 is 12.1 Å². The van der Waals surface area contributed by atoms with Gasteiger partial charge in [-0.1, -0.05) is 29.8 Å². The summed E-state index contributed by atoms with van der Waals surface area (Å²) in [4.78, 5) is 24.8. The molecule has 1 heterocycles. The summed E-state index contributed by atoms with van der Waals surface area (Å²) in [5, 5.41) is 0. The van der Waals surface area contributed by atoms with Crippen molar-refractivity contribution in [1.29, 1.82) is 0 Å². The highest BCUT2D eigenvalue weighted by atomic mass is 16.5. The third-order valence-corrected chi connectivity index (χ3v) is 3.26. The Morgan fingerprint density at radius 1 is 1.30 bits per heavy atom. The third kappa shape index (κ3) is 3.07. The van der Waals surface area contributed by atoms with Crippen LogP contribution < -0.4 is 4.74 Å². The van der Waals surface area contributed by atoms with E-state index in [0.29, 0.717) is 12.3 Å². The SMILES string of the molecule is CC(C)=CCCN1C(=O)[C@H](Oc2ccccc2)[C@@H]1C=O. The highest BCUT2D eigenvalue weighted by Gasteiger charge is 2.48. The van der Waals surface area contributed by atoms with Crippen LogP contribution in [0.5, 0.6) is 5.75 Å². The fourth-order valence-electron chi connectivity index (χ4n) is 2.20. The van der Waals surface area contributed by atoms with Crippen molar-refractivity contribution in [2.24, 2.45) is 0 Å². The standard InChI is InChI=1S/C16H19NO3/c1-12(2)7-6-10-17-14(11-18)15(16(17)19)20-13-8-4-3-5-9-13/h3-5,7-9,11,14-15H,6,10H2,1-2H3/t14-,15+/m0/s1. The molecule has 0 aliphatic carbocycles. The maximum absolute atomic E-state index is 12.0. The van der Waals surface area contributed by atoms with E-state index in [1.54, 1.807) is 17.0 Å². The Labute approximate surface area is 119 Å². The van der Waals surface area contributed by atoms with Crippen molar-refractivity contribution in [3.63, 3.8) is 0 Å². The van der Waals surface area contributed by atoms with Crippen LogP contribution in [0.1, 0.15) is 20.3 Å². The van der Waals surface area contributed by atoms with Gasteiger partial charge in [0.2, 0.25) is 6.10 Å². The van der Waals surface area contributed by atoms with E-state index in [0.717, 1.165) is 12.7 Å². The topological polar surface area (TPSA) is 46.6 Å². The first-order valence-corrected chi connectivity index (χ1v) is 6.74. The number of β-lactam (4-membered cyclic amide) rings is 1. The number of nitrogens with zero attached hydrogens (tertiary/aromatic N) is 1. The summed E-state index contributed by atoms with van der Waals surface area (Å²) >= 11 is 0. The molecule has 106 valence electrons. The lowest BCUT2D eigenvalue weighted by Gasteiger charge is -2.43. The van der Waals surface area contributed by atoms with Crippen molar-refractivity contribution in [3.8, 4) is 5.75 Å². The van der Waals surface area contributed by atoms with Gasteiger partial charge in [-0.25, -0.2) is 0 Å². The molecule has 1 amide bonds. The maximum Gasteiger partial charge on any atom is 0.267 e. The molecule has 1 aliphatic rings. The third-order valence-electron chi connectivity index (χ3n) is 3.26. The molecule has 0 N–H and O–H groups in total. The number of likely N-dealkylation sites (tertiary alicyclic amines) is 1. The van der Waals surface area contributed by atoms with Crippen LogP contribution >= 0.6 is 0 Å². The monoisotopic (exact) mass is 273 g/mol. The van der Waals surface area contributed by atoms with Crippen LogP contribution in [0.25, 0.3) is 0 Å². The number of ether oxygens (including phenoxy) is 1. The normalized spacial score (nSPS) is 21.1. The molecular formula is C16H19NO3. The summed E-state index contributed by atoms with van der Waals surface area (Å²) < 4.78 is 5.59. The van der Waals surface area contributed by atoms with Crippen molar-refractivity contribution in [1.82, 2.24) is 4.90 Å². The molecule has 4 nitrogen and oxygen atoms in total. The highest BCUT2D eigenvalue weighted by Crippen LogP contribution is 2.24. The van der Waals surface area contributed by atoms with Crippen molar-refractivity contribution < 1.29 is 14.3 Å². The number of rotatable bonds is 6. The van der Waals surface area contributed by atoms with Gasteiger partial charge in [-0.05, 0) is 32.4 Å². The molecule has 1 aliphatic heterocycles. The zero-order valence-electron chi connectivity index (χ0n) is 11.8. The van der Waals surface area contributed by atoms with Gasteiger partial charge in [-0.15, -0.1) is 0 Å². The Bertz CT molecular complexity index is 506. The molecule has 2 rings (SSSR count). The molecule has 0 bridgehead atoms. The molecule has 0 saturated carbocycles. The van der Waals surface area contributed by atoms with Crippen molar-refractivity contribution in [2.75, 3.05) is 6.54 Å². The predicted octanol–water partition coefficient (Wildman–Crippen LogP) is 2.20. The number of benzene rings is 1. The van der Waals surface area contributed by atoms with Crippen LogP contribution in [-0.2, 0) is 9.59 Å². The number of amides is 1. The van der Waals surface area contributed by atoms with E-state index >= 15 is 0 Å². The molecule has 1 aromatic carbocycles. The van der Waals surface area contributed by atoms with Gasteiger partial charge in [-0.2, -0.15) is 0 Å². The van der Waals surface area contributed by atoms with Crippen LogP contribution in [0.3, 0.4) is 0 Å². The molecule has 0 radical (unpaired) electrons. The molecule has 2 atom stereocenters. The minimum absolute atomic E-state index is 0.117. The van der Waals surface area contributed by atoms with Gasteiger partial charge in [-0.3, -0.25) is 4.79 Å². The van der Waals surface area contributed by atoms with Gasteiger partial charge < -0.3 is 14.4 Å². The van der Waals surface area contributed by atoms with E-state index in [9.17, 15) is 9.59 Å². The van der Waals surface area contributed by atoms with Gasteiger partial charge in [0.1, 0.15) is 18.1 Å². The highest BCUT2D eigenvalue weighted by molar-refractivity contribution is 5.95. The van der Waals surface area contributed by atoms with Crippen molar-refractivity contribution >= 4 is 12.2 Å². The number of para-hydroxylation sites is 1. The molecule has 1 aromatic rings. The van der Waals surface area contributed by atoms with E-state index in [1.165, 1.54) is 5.57 Å². The Balaban J connectivity index is 1.95. The van der Waals surface area contributed by atoms with Gasteiger partial charge in [0.15, 0.2) is 0 Å². The Hall–Kier alpha value is -2.10. The lowest BCUT2D eigenvalue weighted by atomic mass is 9.98. The summed E-state index contributed by atoms with van der Waals surface area (Å²) in [5.41, 5.74) is 1.21. The fraction of sp³-hybridized carbons (Fsp3) is 0.375. The number of carbonyl (C=O) groups excluding carboxylic acids is 2. The summed E-state index contributed by atoms with van der Waals surface area (Å²) in [7, 11) is 0. The second kappa shape index (κ2) is 6.37. The minimum Gasteiger partial charge on any atom is -0.478 e. The average molecular weight is 273 g/mol. The number of aldehydes is 1. The Kier molecular flexibility index (Phi) is 4.56. The van der Waals surface area contributed by atoms with Gasteiger partial charge in [0, 0.05) is 6.54 Å². The van der Waals surface area contributed by atoms with Gasteiger partial charge in [0.25, 0.3) is 5.91 Å². The minimum atomic E-state index is -0.679. The van der Waals surface area contributed by atoms with Crippen LogP contribution in [0.15, 0.2) is 42.0 Å². The van der Waals surface area contributed by atoms with Crippen molar-refractivity contribution in [2.45, 2.75) is 32.4 Å². The Morgan fingerprint density at radius 3 is 2.60 bits per heavy atom. The lowest BCUT2D eigenvalue weighted by molar-refractivity contribution is -0.164. The molecule has 0 aromatic heterocycles. The quantitative estimate of drug-likeness (QED) is 0.453. The number of hydrogen-bond acceptors (Lipinski definition) is 3. The van der Waals surface area contributed by atoms with Crippen LogP contribution in [0.2, 0.25) is 0 Å². The Morgan fingerprint density at radius 2 is 2.00 bits per heavy atom. The predicted molar refractivity (Wildman–Crippen MR) is 76.5 cm³/mol. The molecule has 20 heavy (non-hydrogen) atoms. The van der Waals surface area contributed by atoms with E-state index in [2.05, 4.69) is 6.08 Å². The van der Waals surface area contributed by atoms with E-state index in [-0.39, 0.29) is 5.91 Å². The first-order chi connectivity index (χ1) is 9.63. The fourth-order valence-corrected chi connectivity index (χ4v) is 2.20. The number of hydrogen-bond donors (Lipinski definition) is 0. The van der Waals surface area contributed by atoms with E-state index in [4.69, 9.17) is 4.74 Å². The molecule has 0 unspecified atom stereocenters. The summed E-state index contributed by atoms with van der Waals surface area (Å²) in [6.07, 6.45) is 2.93. The van der Waals surface area contributed by atoms with Crippen molar-refractivity contribution in [3.05, 3.63) is 42.0 Å². The largest absolute Gasteiger partial charge is 0.478 e. The lowest BCUT2D eigenvalue weighted by Crippen LogP contribution is -2.67. The average Bonchev–Trinajstić information content (AvgIpc) is 2.45. The summed E-state index contributed by atoms with van der Waals surface area (Å²) in [5.74, 6) is 0.495. The molecule has 1 fully saturated rings. The smallest absolute Gasteiger partial charge is 0.267 e. The second-order valence-electron chi connectivity index (χ2n) is 5.08. The first kappa shape index (κ1) is 14.3. The number of allylic oxidation sites excluding steroid dienone is 1. The molecule has 1 saturated heterocycles. The molecule has 0 spiro atoms. The zero-order chi connectivity index (χ0) is 14.5. The van der Waals surface area contributed by atoms with Crippen LogP contribution in [0, 0.1) is 0 Å². The first-order valence-electron chi connectivity index (χ1n) is 6.74. The molecule has 4 heteroatoms. The second-order valence-corrected chi connectivity index (χ2v) is 5.08. The van der Waals surface area contributed by atoms with E-state index in [1.807, 2.05) is 32.0 Å². The van der Waals surface area contributed by atoms with Gasteiger partial charge in [0.05, 0.1) is 0 Å². The van der Waals surface area contributed by atoms with Gasteiger partial charge >= 0.3 is 0 Å². The summed E-state index contributed by atoms with van der Waals surface area (Å²) in [6, 6.07) is 8.62. The molecular weight excluding hydrogens is 254 g/mol. The summed E-state index contributed by atoms with van der Waals surface area (Å²) in [6.45, 7) is 4.58. The number of carbonyl (C=O) groups is 2. The van der Waals surface area contributed by atoms with Crippen LogP contribution in [0.4, 0.5) is 0 Å². The van der Waals surface area contributed by atoms with Crippen LogP contribution in [-0.4, -0.2) is 35.8 Å². The zero-order valence-corrected chi connectivity index (χ0v) is 11.8. The maximum atomic E-state index is 12.0.